The van der Waals surface area contributed by atoms with Gasteiger partial charge in [0.15, 0.2) is 0 Å². The van der Waals surface area contributed by atoms with Crippen LogP contribution in [0.25, 0.3) is 0 Å². The molecule has 1 aromatic rings. The van der Waals surface area contributed by atoms with Gasteiger partial charge in [-0.2, -0.15) is 0 Å². The molecule has 0 spiro atoms. The van der Waals surface area contributed by atoms with Gasteiger partial charge in [-0.3, -0.25) is 9.78 Å². The van der Waals surface area contributed by atoms with E-state index in [1.54, 1.807) is 6.20 Å². The van der Waals surface area contributed by atoms with Gasteiger partial charge in [0.25, 0.3) is 4.82 Å². The lowest BCUT2D eigenvalue weighted by Crippen LogP contribution is -2.19. The number of pyridine rings is 1. The number of rotatable bonds is 3. The molecule has 0 atom stereocenters. The van der Waals surface area contributed by atoms with Crippen LogP contribution in [-0.2, 0) is 6.42 Å². The van der Waals surface area contributed by atoms with E-state index in [2.05, 4.69) is 26.2 Å². The molecule has 1 heterocycles. The average Bonchev–Trinajstić information content (AvgIpc) is 2.05. The average molecular weight is 229 g/mol. The van der Waals surface area contributed by atoms with Gasteiger partial charge >= 0.3 is 0 Å². The fraction of sp³-hybridized carbons (Fsp3) is 0.250. The van der Waals surface area contributed by atoms with Crippen LogP contribution in [-0.4, -0.2) is 16.3 Å². The van der Waals surface area contributed by atoms with E-state index in [0.717, 1.165) is 12.1 Å². The zero-order chi connectivity index (χ0) is 8.81. The van der Waals surface area contributed by atoms with Gasteiger partial charge in [0.2, 0.25) is 0 Å². The summed E-state index contributed by atoms with van der Waals surface area (Å²) in [5, 5.41) is 2.63. The van der Waals surface area contributed by atoms with E-state index < -0.39 is 0 Å². The number of carbonyl (C=O) groups is 1. The normalized spacial score (nSPS) is 9.42. The number of hydrogen-bond donors (Lipinski definition) is 1. The number of nitrogens with zero attached hydrogens (tertiary/aromatic N) is 1. The highest BCUT2D eigenvalue weighted by molar-refractivity contribution is 9.18. The first-order valence-corrected chi connectivity index (χ1v) is 4.41. The predicted molar refractivity (Wildman–Crippen MR) is 50.3 cm³/mol. The smallest absolute Gasteiger partial charge is 0.287 e. The molecule has 12 heavy (non-hydrogen) atoms. The summed E-state index contributed by atoms with van der Waals surface area (Å²) in [5.41, 5.74) is 0.985. The van der Waals surface area contributed by atoms with Crippen LogP contribution < -0.4 is 5.32 Å². The summed E-state index contributed by atoms with van der Waals surface area (Å²) in [4.78, 5) is 14.3. The van der Waals surface area contributed by atoms with E-state index in [4.69, 9.17) is 0 Å². The van der Waals surface area contributed by atoms with E-state index in [9.17, 15) is 4.79 Å². The Balaban J connectivity index is 2.29. The molecule has 0 saturated carbocycles. The first kappa shape index (κ1) is 9.19. The van der Waals surface area contributed by atoms with Crippen molar-refractivity contribution in [2.45, 2.75) is 6.42 Å². The molecule has 64 valence electrons. The molecule has 1 aromatic heterocycles. The zero-order valence-electron chi connectivity index (χ0n) is 6.46. The van der Waals surface area contributed by atoms with Crippen LogP contribution in [0, 0.1) is 0 Å². The molecule has 1 N–H and O–H groups in total. The highest BCUT2D eigenvalue weighted by Gasteiger charge is 1.94. The van der Waals surface area contributed by atoms with E-state index in [-0.39, 0.29) is 4.82 Å². The van der Waals surface area contributed by atoms with Gasteiger partial charge in [-0.05, 0) is 12.1 Å². The SMILES string of the molecule is O=C(Br)NCCc1ccccn1. The first-order chi connectivity index (χ1) is 5.79. The number of halogens is 1. The van der Waals surface area contributed by atoms with Crippen LogP contribution in [0.4, 0.5) is 4.79 Å². The fourth-order valence-electron chi connectivity index (χ4n) is 0.835. The fourth-order valence-corrected chi connectivity index (χ4v) is 1.03. The summed E-state index contributed by atoms with van der Waals surface area (Å²) in [6, 6.07) is 5.73. The molecular weight excluding hydrogens is 220 g/mol. The van der Waals surface area contributed by atoms with Gasteiger partial charge in [0.1, 0.15) is 0 Å². The summed E-state index contributed by atoms with van der Waals surface area (Å²) in [6.45, 7) is 0.612. The number of nitrogens with one attached hydrogen (secondary N) is 1. The molecule has 0 aliphatic rings. The highest BCUT2D eigenvalue weighted by Crippen LogP contribution is 1.93. The lowest BCUT2D eigenvalue weighted by Gasteiger charge is -1.99. The van der Waals surface area contributed by atoms with Gasteiger partial charge in [-0.25, -0.2) is 0 Å². The molecule has 0 radical (unpaired) electrons. The molecular formula is C8H9BrN2O. The van der Waals surface area contributed by atoms with Crippen LogP contribution in [0.1, 0.15) is 5.69 Å². The van der Waals surface area contributed by atoms with Gasteiger partial charge in [-0.15, -0.1) is 0 Å². The number of hydrogen-bond acceptors (Lipinski definition) is 2. The largest absolute Gasteiger partial charge is 0.346 e. The van der Waals surface area contributed by atoms with E-state index in [0.29, 0.717) is 6.54 Å². The second-order valence-corrected chi connectivity index (χ2v) is 2.99. The van der Waals surface area contributed by atoms with Crippen molar-refractivity contribution in [3.63, 3.8) is 0 Å². The minimum atomic E-state index is -0.182. The summed E-state index contributed by atoms with van der Waals surface area (Å²) in [6.07, 6.45) is 2.50. The molecule has 0 bridgehead atoms. The lowest BCUT2D eigenvalue weighted by atomic mass is 10.3. The molecule has 4 heteroatoms. The summed E-state index contributed by atoms with van der Waals surface area (Å²) in [7, 11) is 0. The molecule has 0 saturated heterocycles. The van der Waals surface area contributed by atoms with E-state index in [1.807, 2.05) is 18.2 Å². The molecule has 0 unspecified atom stereocenters. The monoisotopic (exact) mass is 228 g/mol. The minimum Gasteiger partial charge on any atom is -0.346 e. The quantitative estimate of drug-likeness (QED) is 0.633. The summed E-state index contributed by atoms with van der Waals surface area (Å²) < 4.78 is 0. The number of carbonyl (C=O) groups excluding carboxylic acids is 1. The van der Waals surface area contributed by atoms with E-state index in [1.165, 1.54) is 0 Å². The summed E-state index contributed by atoms with van der Waals surface area (Å²) >= 11 is 2.78. The van der Waals surface area contributed by atoms with Crippen LogP contribution in [0.5, 0.6) is 0 Å². The van der Waals surface area contributed by atoms with Crippen LogP contribution in [0.2, 0.25) is 0 Å². The van der Waals surface area contributed by atoms with Crippen molar-refractivity contribution in [3.05, 3.63) is 30.1 Å². The molecule has 1 amide bonds. The van der Waals surface area contributed by atoms with Crippen molar-refractivity contribution in [1.29, 1.82) is 0 Å². The molecule has 0 aliphatic heterocycles. The van der Waals surface area contributed by atoms with Crippen LogP contribution in [0.15, 0.2) is 24.4 Å². The van der Waals surface area contributed by atoms with Crippen molar-refractivity contribution < 1.29 is 4.79 Å². The number of aromatic nitrogens is 1. The van der Waals surface area contributed by atoms with Gasteiger partial charge in [0, 0.05) is 40.8 Å². The zero-order valence-corrected chi connectivity index (χ0v) is 8.04. The predicted octanol–water partition coefficient (Wildman–Crippen LogP) is 1.73. The third kappa shape index (κ3) is 3.48. The maximum atomic E-state index is 10.4. The van der Waals surface area contributed by atoms with Crippen molar-refractivity contribution in [1.82, 2.24) is 10.3 Å². The Morgan fingerprint density at radius 3 is 3.00 bits per heavy atom. The molecule has 3 nitrogen and oxygen atoms in total. The standard InChI is InChI=1S/C8H9BrN2O/c9-8(12)11-6-4-7-3-1-2-5-10-7/h1-3,5H,4,6H2,(H,11,12). The summed E-state index contributed by atoms with van der Waals surface area (Å²) in [5.74, 6) is 0. The third-order valence-electron chi connectivity index (χ3n) is 1.37. The lowest BCUT2D eigenvalue weighted by molar-refractivity contribution is 0.262. The molecule has 1 rings (SSSR count). The minimum absolute atomic E-state index is 0.182. The molecule has 0 aromatic carbocycles. The van der Waals surface area contributed by atoms with Crippen LogP contribution in [0.3, 0.4) is 0 Å². The number of amides is 1. The second kappa shape index (κ2) is 4.87. The molecule has 0 aliphatic carbocycles. The topological polar surface area (TPSA) is 42.0 Å². The molecule has 0 fully saturated rings. The Kier molecular flexibility index (Phi) is 3.73. The Labute approximate surface area is 79.3 Å². The first-order valence-electron chi connectivity index (χ1n) is 3.62. The maximum absolute atomic E-state index is 10.4. The van der Waals surface area contributed by atoms with Crippen LogP contribution >= 0.6 is 15.9 Å². The third-order valence-corrected chi connectivity index (χ3v) is 1.65. The Hall–Kier alpha value is -0.900. The van der Waals surface area contributed by atoms with Crippen molar-refractivity contribution in [3.8, 4) is 0 Å². The maximum Gasteiger partial charge on any atom is 0.287 e. The second-order valence-electron chi connectivity index (χ2n) is 2.27. The Morgan fingerprint density at radius 1 is 1.58 bits per heavy atom. The Bertz CT molecular complexity index is 250. The Morgan fingerprint density at radius 2 is 2.42 bits per heavy atom. The highest BCUT2D eigenvalue weighted by atomic mass is 79.9. The van der Waals surface area contributed by atoms with Crippen molar-refractivity contribution in [2.24, 2.45) is 0 Å². The van der Waals surface area contributed by atoms with E-state index >= 15 is 0 Å². The van der Waals surface area contributed by atoms with Crippen molar-refractivity contribution >= 4 is 20.7 Å². The van der Waals surface area contributed by atoms with Gasteiger partial charge in [0.05, 0.1) is 0 Å². The van der Waals surface area contributed by atoms with Crippen molar-refractivity contribution in [2.75, 3.05) is 6.54 Å². The van der Waals surface area contributed by atoms with Gasteiger partial charge in [-0.1, -0.05) is 6.07 Å². The van der Waals surface area contributed by atoms with Gasteiger partial charge < -0.3 is 5.32 Å².